The fourth-order valence-corrected chi connectivity index (χ4v) is 3.28. The summed E-state index contributed by atoms with van der Waals surface area (Å²) in [6.45, 7) is 0.105. The number of ether oxygens (including phenoxy) is 2. The van der Waals surface area contributed by atoms with E-state index in [1.165, 1.54) is 6.07 Å². The lowest BCUT2D eigenvalue weighted by Gasteiger charge is -2.18. The van der Waals surface area contributed by atoms with Crippen LogP contribution in [-0.4, -0.2) is 43.3 Å². The number of hydrogen-bond acceptors (Lipinski definition) is 6. The minimum Gasteiger partial charge on any atom is -0.482 e. The van der Waals surface area contributed by atoms with Crippen LogP contribution >= 0.6 is 0 Å². The van der Waals surface area contributed by atoms with E-state index >= 15 is 0 Å². The predicted molar refractivity (Wildman–Crippen MR) is 103 cm³/mol. The first-order valence-electron chi connectivity index (χ1n) is 9.19. The molecule has 0 spiro atoms. The van der Waals surface area contributed by atoms with Crippen LogP contribution < -0.4 is 15.0 Å². The zero-order chi connectivity index (χ0) is 20.4. The molecule has 2 amide bonds. The summed E-state index contributed by atoms with van der Waals surface area (Å²) in [7, 11) is 0. The van der Waals surface area contributed by atoms with Gasteiger partial charge in [0.15, 0.2) is 19.0 Å². The molecular formula is C21H18N2O6. The van der Waals surface area contributed by atoms with Gasteiger partial charge in [-0.2, -0.15) is 0 Å². The van der Waals surface area contributed by atoms with Crippen LogP contribution in [0.15, 0.2) is 42.5 Å². The number of hydrogen-bond donors (Lipinski definition) is 1. The minimum absolute atomic E-state index is 0.0224. The van der Waals surface area contributed by atoms with Crippen LogP contribution in [0.5, 0.6) is 5.75 Å². The lowest BCUT2D eigenvalue weighted by atomic mass is 10.1. The Bertz CT molecular complexity index is 1020. The SMILES string of the molecule is O=C1COc2ccc(C(=O)COC(=O)c3cccc(N4CCCC4=O)c3)cc2N1. The number of carbonyl (C=O) groups excluding carboxylic acids is 4. The maximum Gasteiger partial charge on any atom is 0.338 e. The first-order valence-corrected chi connectivity index (χ1v) is 9.19. The molecule has 2 aromatic carbocycles. The molecule has 0 aliphatic carbocycles. The van der Waals surface area contributed by atoms with Crippen LogP contribution in [0.3, 0.4) is 0 Å². The summed E-state index contributed by atoms with van der Waals surface area (Å²) in [5.74, 6) is -0.862. The average molecular weight is 394 g/mol. The van der Waals surface area contributed by atoms with E-state index < -0.39 is 18.4 Å². The van der Waals surface area contributed by atoms with E-state index in [1.807, 2.05) is 0 Å². The molecule has 0 saturated carbocycles. The van der Waals surface area contributed by atoms with Crippen LogP contribution in [0.4, 0.5) is 11.4 Å². The normalized spacial score (nSPS) is 15.4. The van der Waals surface area contributed by atoms with Crippen LogP contribution in [-0.2, 0) is 14.3 Å². The first-order chi connectivity index (χ1) is 14.0. The molecule has 8 nitrogen and oxygen atoms in total. The summed E-state index contributed by atoms with van der Waals surface area (Å²) in [6.07, 6.45) is 1.28. The molecule has 0 bridgehead atoms. The Morgan fingerprint density at radius 1 is 1.10 bits per heavy atom. The van der Waals surface area contributed by atoms with E-state index in [2.05, 4.69) is 5.32 Å². The minimum atomic E-state index is -0.651. The maximum atomic E-state index is 12.4. The largest absolute Gasteiger partial charge is 0.482 e. The monoisotopic (exact) mass is 394 g/mol. The van der Waals surface area contributed by atoms with Gasteiger partial charge in [-0.15, -0.1) is 0 Å². The van der Waals surface area contributed by atoms with Gasteiger partial charge >= 0.3 is 5.97 Å². The van der Waals surface area contributed by atoms with Crippen molar-refractivity contribution in [2.75, 3.05) is 30.0 Å². The topological polar surface area (TPSA) is 102 Å². The molecule has 148 valence electrons. The van der Waals surface area contributed by atoms with E-state index in [1.54, 1.807) is 41.3 Å². The summed E-state index contributed by atoms with van der Waals surface area (Å²) >= 11 is 0. The van der Waals surface area contributed by atoms with Gasteiger partial charge in [0.1, 0.15) is 5.75 Å². The second kappa shape index (κ2) is 7.75. The second-order valence-electron chi connectivity index (χ2n) is 6.75. The number of ketones is 1. The number of nitrogens with zero attached hydrogens (tertiary/aromatic N) is 1. The molecule has 8 heteroatoms. The van der Waals surface area contributed by atoms with Crippen molar-refractivity contribution < 1.29 is 28.7 Å². The summed E-state index contributed by atoms with van der Waals surface area (Å²) in [6, 6.07) is 11.2. The molecule has 1 fully saturated rings. The lowest BCUT2D eigenvalue weighted by molar-refractivity contribution is -0.119. The number of nitrogens with one attached hydrogen (secondary N) is 1. The molecule has 1 saturated heterocycles. The van der Waals surface area contributed by atoms with Gasteiger partial charge in [0.2, 0.25) is 5.91 Å². The Balaban J connectivity index is 1.41. The highest BCUT2D eigenvalue weighted by molar-refractivity contribution is 6.03. The Morgan fingerprint density at radius 3 is 2.76 bits per heavy atom. The Kier molecular flexibility index (Phi) is 4.99. The van der Waals surface area contributed by atoms with Gasteiger partial charge in [-0.3, -0.25) is 14.4 Å². The van der Waals surface area contributed by atoms with E-state index in [-0.39, 0.29) is 24.0 Å². The lowest BCUT2D eigenvalue weighted by Crippen LogP contribution is -2.25. The molecule has 0 atom stereocenters. The Hall–Kier alpha value is -3.68. The highest BCUT2D eigenvalue weighted by atomic mass is 16.5. The third kappa shape index (κ3) is 3.96. The summed E-state index contributed by atoms with van der Waals surface area (Å²) in [4.78, 5) is 49.7. The number of anilines is 2. The van der Waals surface area contributed by atoms with Crippen LogP contribution in [0.2, 0.25) is 0 Å². The van der Waals surface area contributed by atoms with Gasteiger partial charge < -0.3 is 19.7 Å². The molecule has 29 heavy (non-hydrogen) atoms. The second-order valence-corrected chi connectivity index (χ2v) is 6.75. The maximum absolute atomic E-state index is 12.4. The van der Waals surface area contributed by atoms with Crippen molar-refractivity contribution in [2.45, 2.75) is 12.8 Å². The Labute approximate surface area is 166 Å². The van der Waals surface area contributed by atoms with Gasteiger partial charge in [-0.05, 0) is 42.8 Å². The van der Waals surface area contributed by atoms with Crippen molar-refractivity contribution in [2.24, 2.45) is 0 Å². The number of esters is 1. The van der Waals surface area contributed by atoms with E-state index in [4.69, 9.17) is 9.47 Å². The first kappa shape index (κ1) is 18.7. The molecule has 0 radical (unpaired) electrons. The quantitative estimate of drug-likeness (QED) is 0.616. The predicted octanol–water partition coefficient (Wildman–Crippen LogP) is 2.18. The fourth-order valence-electron chi connectivity index (χ4n) is 3.28. The third-order valence-electron chi connectivity index (χ3n) is 4.74. The molecule has 2 aromatic rings. The van der Waals surface area contributed by atoms with Crippen molar-refractivity contribution in [3.05, 3.63) is 53.6 Å². The number of Topliss-reactive ketones (excluding diaryl/α,β-unsaturated/α-hetero) is 1. The standard InChI is InChI=1S/C21H18N2O6/c24-17(13-6-7-18-16(10-13)22-19(25)12-28-18)11-29-21(27)14-3-1-4-15(9-14)23-8-2-5-20(23)26/h1,3-4,6-7,9-10H,2,5,8,11-12H2,(H,22,25). The number of amides is 2. The molecule has 0 unspecified atom stereocenters. The number of rotatable bonds is 5. The molecule has 0 aromatic heterocycles. The summed E-state index contributed by atoms with van der Waals surface area (Å²) < 4.78 is 10.4. The van der Waals surface area contributed by atoms with Crippen molar-refractivity contribution in [3.63, 3.8) is 0 Å². The van der Waals surface area contributed by atoms with Crippen molar-refractivity contribution in [1.29, 1.82) is 0 Å². The zero-order valence-corrected chi connectivity index (χ0v) is 15.5. The van der Waals surface area contributed by atoms with Gasteiger partial charge in [-0.25, -0.2) is 4.79 Å². The van der Waals surface area contributed by atoms with E-state index in [0.717, 1.165) is 6.42 Å². The van der Waals surface area contributed by atoms with Crippen molar-refractivity contribution >= 4 is 34.9 Å². The molecule has 4 rings (SSSR count). The molecule has 2 aliphatic rings. The third-order valence-corrected chi connectivity index (χ3v) is 4.74. The summed E-state index contributed by atoms with van der Waals surface area (Å²) in [5.41, 5.74) is 1.60. The molecule has 2 heterocycles. The number of carbonyl (C=O) groups is 4. The highest BCUT2D eigenvalue weighted by Gasteiger charge is 2.23. The average Bonchev–Trinajstić information content (AvgIpc) is 3.17. The fraction of sp³-hybridized carbons (Fsp3) is 0.238. The zero-order valence-electron chi connectivity index (χ0n) is 15.5. The summed E-state index contributed by atoms with van der Waals surface area (Å²) in [5, 5.41) is 2.63. The molecular weight excluding hydrogens is 376 g/mol. The smallest absolute Gasteiger partial charge is 0.338 e. The van der Waals surface area contributed by atoms with Crippen LogP contribution in [0.1, 0.15) is 33.6 Å². The van der Waals surface area contributed by atoms with Gasteiger partial charge in [-0.1, -0.05) is 6.07 Å². The van der Waals surface area contributed by atoms with Crippen LogP contribution in [0.25, 0.3) is 0 Å². The molecule has 1 N–H and O–H groups in total. The Morgan fingerprint density at radius 2 is 1.97 bits per heavy atom. The van der Waals surface area contributed by atoms with Crippen LogP contribution in [0, 0.1) is 0 Å². The highest BCUT2D eigenvalue weighted by Crippen LogP contribution is 2.28. The van der Waals surface area contributed by atoms with Crippen molar-refractivity contribution in [3.8, 4) is 5.75 Å². The van der Waals surface area contributed by atoms with Crippen molar-refractivity contribution in [1.82, 2.24) is 0 Å². The van der Waals surface area contributed by atoms with E-state index in [9.17, 15) is 19.2 Å². The van der Waals surface area contributed by atoms with Gasteiger partial charge in [0.25, 0.3) is 5.91 Å². The molecule has 2 aliphatic heterocycles. The number of fused-ring (bicyclic) bond motifs is 1. The number of benzene rings is 2. The van der Waals surface area contributed by atoms with E-state index in [0.29, 0.717) is 35.7 Å². The van der Waals surface area contributed by atoms with Gasteiger partial charge in [0, 0.05) is 24.2 Å². The van der Waals surface area contributed by atoms with Gasteiger partial charge in [0.05, 0.1) is 11.3 Å².